The summed E-state index contributed by atoms with van der Waals surface area (Å²) in [6, 6.07) is 23.8. The summed E-state index contributed by atoms with van der Waals surface area (Å²) in [5, 5.41) is 9.31. The van der Waals surface area contributed by atoms with Crippen molar-refractivity contribution in [3.8, 4) is 11.1 Å². The van der Waals surface area contributed by atoms with Crippen LogP contribution in [-0.2, 0) is 20.9 Å². The summed E-state index contributed by atoms with van der Waals surface area (Å²) in [5.41, 5.74) is 5.32. The van der Waals surface area contributed by atoms with E-state index in [0.29, 0.717) is 24.1 Å². The fraction of sp³-hybridized carbons (Fsp3) is 0.226. The molecule has 0 saturated heterocycles. The second-order valence-electron chi connectivity index (χ2n) is 9.41. The zero-order chi connectivity index (χ0) is 25.9. The predicted octanol–water partition coefficient (Wildman–Crippen LogP) is 5.98. The smallest absolute Gasteiger partial charge is 0.336 e. The van der Waals surface area contributed by atoms with Crippen LogP contribution in [0.4, 0.5) is 0 Å². The van der Waals surface area contributed by atoms with Gasteiger partial charge in [0.05, 0.1) is 17.1 Å². The zero-order valence-corrected chi connectivity index (χ0v) is 20.5. The molecule has 1 aliphatic carbocycles. The maximum atomic E-state index is 13.6. The Bertz CT molecular complexity index is 1420. The molecule has 1 saturated carbocycles. The lowest BCUT2D eigenvalue weighted by Gasteiger charge is -2.36. The van der Waals surface area contributed by atoms with E-state index in [-0.39, 0.29) is 18.0 Å². The van der Waals surface area contributed by atoms with Gasteiger partial charge in [-0.25, -0.2) is 9.59 Å². The number of benzene rings is 3. The number of ketones is 1. The number of aromatic carboxylic acids is 1. The molecule has 3 aromatic carbocycles. The van der Waals surface area contributed by atoms with Gasteiger partial charge in [0.15, 0.2) is 0 Å². The van der Waals surface area contributed by atoms with Crippen molar-refractivity contribution in [3.63, 3.8) is 0 Å². The molecule has 1 heterocycles. The van der Waals surface area contributed by atoms with Crippen LogP contribution in [0.5, 0.6) is 0 Å². The predicted molar refractivity (Wildman–Crippen MR) is 140 cm³/mol. The highest BCUT2D eigenvalue weighted by molar-refractivity contribution is 6.11. The molecule has 1 aliphatic heterocycles. The number of Topliss-reactive ketones (excluding diaryl/α,β-unsaturated/α-hetero) is 1. The van der Waals surface area contributed by atoms with Crippen LogP contribution in [-0.4, -0.2) is 28.5 Å². The minimum atomic E-state index is -0.997. The first kappa shape index (κ1) is 24.4. The van der Waals surface area contributed by atoms with Crippen molar-refractivity contribution in [2.24, 2.45) is 10.9 Å². The Balaban J connectivity index is 1.59. The quantitative estimate of drug-likeness (QED) is 0.427. The van der Waals surface area contributed by atoms with E-state index >= 15 is 0 Å². The number of rotatable bonds is 6. The van der Waals surface area contributed by atoms with Crippen LogP contribution in [0.1, 0.15) is 53.6 Å². The average molecular weight is 494 g/mol. The van der Waals surface area contributed by atoms with E-state index in [0.717, 1.165) is 34.4 Å². The highest BCUT2D eigenvalue weighted by atomic mass is 16.5. The van der Waals surface area contributed by atoms with Gasteiger partial charge >= 0.3 is 11.9 Å². The molecule has 6 heteroatoms. The standard InChI is InChI=1S/C31H27NO5/c1-19-27(31(36)37-18-20-8-3-2-4-9-20)28(29-25(32-19)12-7-13-26(29)33)24-11-6-5-10-23(24)21-14-16-22(17-15-21)30(34)35/h2-6,8-11,14-17,28-29H,7,12-13,18H2,1H3,(H,34,35). The van der Waals surface area contributed by atoms with E-state index in [1.54, 1.807) is 31.2 Å². The van der Waals surface area contributed by atoms with Gasteiger partial charge in [-0.1, -0.05) is 66.7 Å². The number of ether oxygens (including phenoxy) is 1. The van der Waals surface area contributed by atoms with Gasteiger partial charge in [-0.3, -0.25) is 9.79 Å². The average Bonchev–Trinajstić information content (AvgIpc) is 2.92. The summed E-state index contributed by atoms with van der Waals surface area (Å²) < 4.78 is 5.75. The third-order valence-corrected chi connectivity index (χ3v) is 7.08. The number of nitrogens with zero attached hydrogens (tertiary/aromatic N) is 1. The number of esters is 1. The summed E-state index contributed by atoms with van der Waals surface area (Å²) in [6.45, 7) is 1.93. The molecule has 1 N–H and O–H groups in total. The third-order valence-electron chi connectivity index (χ3n) is 7.08. The fourth-order valence-corrected chi connectivity index (χ4v) is 5.35. The number of carbonyl (C=O) groups excluding carboxylic acids is 2. The minimum absolute atomic E-state index is 0.0758. The van der Waals surface area contributed by atoms with Crippen LogP contribution in [0, 0.1) is 5.92 Å². The molecular weight excluding hydrogens is 466 g/mol. The van der Waals surface area contributed by atoms with Crippen molar-refractivity contribution in [1.82, 2.24) is 0 Å². The minimum Gasteiger partial charge on any atom is -0.478 e. The van der Waals surface area contributed by atoms with E-state index in [9.17, 15) is 19.5 Å². The maximum Gasteiger partial charge on any atom is 0.336 e. The topological polar surface area (TPSA) is 93.0 Å². The Hall–Kier alpha value is -4.32. The summed E-state index contributed by atoms with van der Waals surface area (Å²) in [7, 11) is 0. The Labute approximate surface area is 215 Å². The number of hydrogen-bond donors (Lipinski definition) is 1. The van der Waals surface area contributed by atoms with Gasteiger partial charge in [0.25, 0.3) is 0 Å². The monoisotopic (exact) mass is 493 g/mol. The van der Waals surface area contributed by atoms with Crippen LogP contribution in [0.25, 0.3) is 11.1 Å². The van der Waals surface area contributed by atoms with E-state index in [1.165, 1.54) is 0 Å². The number of carbonyl (C=O) groups is 3. The molecule has 0 radical (unpaired) electrons. The lowest BCUT2D eigenvalue weighted by molar-refractivity contribution is -0.140. The van der Waals surface area contributed by atoms with E-state index in [1.807, 2.05) is 54.6 Å². The Kier molecular flexibility index (Phi) is 6.82. The van der Waals surface area contributed by atoms with Gasteiger partial charge in [0.1, 0.15) is 12.4 Å². The van der Waals surface area contributed by atoms with Gasteiger partial charge in [0.2, 0.25) is 0 Å². The van der Waals surface area contributed by atoms with Crippen molar-refractivity contribution >= 4 is 23.4 Å². The molecule has 0 spiro atoms. The van der Waals surface area contributed by atoms with Gasteiger partial charge in [-0.2, -0.15) is 0 Å². The molecule has 2 unspecified atom stereocenters. The number of carboxylic acid groups (broad SMARTS) is 1. The van der Waals surface area contributed by atoms with Gasteiger partial charge in [-0.15, -0.1) is 0 Å². The van der Waals surface area contributed by atoms with Crippen LogP contribution in [0.2, 0.25) is 0 Å². The Morgan fingerprint density at radius 1 is 0.919 bits per heavy atom. The van der Waals surface area contributed by atoms with E-state index in [2.05, 4.69) is 0 Å². The first-order valence-electron chi connectivity index (χ1n) is 12.4. The normalized spacial score (nSPS) is 19.2. The lowest BCUT2D eigenvalue weighted by Crippen LogP contribution is -2.39. The molecular formula is C31H27NO5. The molecule has 0 bridgehead atoms. The molecule has 6 nitrogen and oxygen atoms in total. The van der Waals surface area contributed by atoms with Crippen LogP contribution >= 0.6 is 0 Å². The number of aliphatic imine (C=N–C) groups is 1. The first-order valence-corrected chi connectivity index (χ1v) is 12.4. The van der Waals surface area contributed by atoms with Gasteiger partial charge in [0, 0.05) is 23.7 Å². The maximum absolute atomic E-state index is 13.6. The third kappa shape index (κ3) is 4.87. The molecule has 0 aromatic heterocycles. The molecule has 3 aromatic rings. The summed E-state index contributed by atoms with van der Waals surface area (Å²) in [6.07, 6.45) is 1.91. The van der Waals surface area contributed by atoms with E-state index in [4.69, 9.17) is 9.73 Å². The second kappa shape index (κ2) is 10.3. The summed E-state index contributed by atoms with van der Waals surface area (Å²) in [4.78, 5) is 43.0. The molecule has 2 aliphatic rings. The molecule has 1 fully saturated rings. The van der Waals surface area contributed by atoms with Crippen molar-refractivity contribution in [2.75, 3.05) is 0 Å². The highest BCUT2D eigenvalue weighted by Crippen LogP contribution is 2.46. The van der Waals surface area contributed by atoms with Crippen molar-refractivity contribution < 1.29 is 24.2 Å². The largest absolute Gasteiger partial charge is 0.478 e. The number of fused-ring (bicyclic) bond motifs is 1. The van der Waals surface area contributed by atoms with Crippen molar-refractivity contribution in [1.29, 1.82) is 0 Å². The highest BCUT2D eigenvalue weighted by Gasteiger charge is 2.44. The Morgan fingerprint density at radius 2 is 1.62 bits per heavy atom. The second-order valence-corrected chi connectivity index (χ2v) is 9.41. The number of allylic oxidation sites excluding steroid dienone is 1. The zero-order valence-electron chi connectivity index (χ0n) is 20.5. The molecule has 5 rings (SSSR count). The molecule has 0 amide bonds. The fourth-order valence-electron chi connectivity index (χ4n) is 5.35. The van der Waals surface area contributed by atoms with Crippen molar-refractivity contribution in [3.05, 3.63) is 107 Å². The Morgan fingerprint density at radius 3 is 2.35 bits per heavy atom. The van der Waals surface area contributed by atoms with Gasteiger partial charge < -0.3 is 9.84 Å². The number of hydrogen-bond acceptors (Lipinski definition) is 5. The molecule has 186 valence electrons. The molecule has 37 heavy (non-hydrogen) atoms. The molecule has 2 atom stereocenters. The van der Waals surface area contributed by atoms with Gasteiger partial charge in [-0.05, 0) is 54.2 Å². The van der Waals surface area contributed by atoms with Crippen LogP contribution in [0.15, 0.2) is 95.1 Å². The lowest BCUT2D eigenvalue weighted by atomic mass is 9.68. The van der Waals surface area contributed by atoms with Crippen LogP contribution < -0.4 is 0 Å². The first-order chi connectivity index (χ1) is 17.9. The SMILES string of the molecule is CC1=C(C(=O)OCc2ccccc2)C(c2ccccc2-c2ccc(C(=O)O)cc2)C2C(=O)CCCC2=N1. The summed E-state index contributed by atoms with van der Waals surface area (Å²) >= 11 is 0. The van der Waals surface area contributed by atoms with Crippen LogP contribution in [0.3, 0.4) is 0 Å². The van der Waals surface area contributed by atoms with E-state index < -0.39 is 23.8 Å². The van der Waals surface area contributed by atoms with Crippen molar-refractivity contribution in [2.45, 2.75) is 38.7 Å². The number of carboxylic acids is 1. The summed E-state index contributed by atoms with van der Waals surface area (Å²) in [5.74, 6) is -2.48.